The van der Waals surface area contributed by atoms with Crippen LogP contribution in [-0.2, 0) is 11.2 Å². The van der Waals surface area contributed by atoms with Crippen molar-refractivity contribution in [2.45, 2.75) is 6.42 Å². The van der Waals surface area contributed by atoms with Crippen LogP contribution >= 0.6 is 22.7 Å². The predicted molar refractivity (Wildman–Crippen MR) is 98.7 cm³/mol. The standard InChI is InChI=1S/C18H17FN2O2S2/c1-21(8-9-23-15-6-4-13(19)5-7-15)17(22)11-14-12-25-18(20-14)16-3-2-10-24-16/h2-7,10,12H,8-9,11H2,1H3. The van der Waals surface area contributed by atoms with E-state index in [1.807, 2.05) is 22.9 Å². The molecule has 0 saturated heterocycles. The Hall–Kier alpha value is -2.25. The highest BCUT2D eigenvalue weighted by Gasteiger charge is 2.13. The summed E-state index contributed by atoms with van der Waals surface area (Å²) in [4.78, 5) is 19.5. The summed E-state index contributed by atoms with van der Waals surface area (Å²) >= 11 is 3.19. The highest BCUT2D eigenvalue weighted by Crippen LogP contribution is 2.27. The number of hydrogen-bond donors (Lipinski definition) is 0. The van der Waals surface area contributed by atoms with Crippen molar-refractivity contribution in [3.63, 3.8) is 0 Å². The van der Waals surface area contributed by atoms with Gasteiger partial charge in [0, 0.05) is 12.4 Å². The minimum atomic E-state index is -0.301. The average molecular weight is 376 g/mol. The third-order valence-corrected chi connectivity index (χ3v) is 5.48. The van der Waals surface area contributed by atoms with Gasteiger partial charge in [-0.3, -0.25) is 4.79 Å². The number of thiophene rings is 1. The topological polar surface area (TPSA) is 42.4 Å². The second kappa shape index (κ2) is 8.22. The number of halogens is 1. The van der Waals surface area contributed by atoms with Crippen molar-refractivity contribution in [1.29, 1.82) is 0 Å². The molecule has 0 saturated carbocycles. The molecule has 0 N–H and O–H groups in total. The number of rotatable bonds is 7. The molecule has 0 bridgehead atoms. The first-order valence-corrected chi connectivity index (χ1v) is 9.48. The van der Waals surface area contributed by atoms with Gasteiger partial charge in [0.1, 0.15) is 23.2 Å². The SMILES string of the molecule is CN(CCOc1ccc(F)cc1)C(=O)Cc1csc(-c2cccs2)n1. The molecule has 0 radical (unpaired) electrons. The lowest BCUT2D eigenvalue weighted by Crippen LogP contribution is -2.32. The number of hydrogen-bond acceptors (Lipinski definition) is 5. The third-order valence-electron chi connectivity index (χ3n) is 3.55. The molecule has 0 spiro atoms. The van der Waals surface area contributed by atoms with Gasteiger partial charge in [-0.25, -0.2) is 9.37 Å². The van der Waals surface area contributed by atoms with Gasteiger partial charge in [0.2, 0.25) is 5.91 Å². The molecule has 2 heterocycles. The van der Waals surface area contributed by atoms with E-state index in [4.69, 9.17) is 4.74 Å². The summed E-state index contributed by atoms with van der Waals surface area (Å²) in [6.07, 6.45) is 0.273. The molecule has 2 aromatic heterocycles. The minimum absolute atomic E-state index is 0.00858. The number of carbonyl (C=O) groups excluding carboxylic acids is 1. The first kappa shape index (κ1) is 17.6. The van der Waals surface area contributed by atoms with E-state index in [1.165, 1.54) is 12.1 Å². The van der Waals surface area contributed by atoms with Crippen LogP contribution in [0.3, 0.4) is 0 Å². The molecular weight excluding hydrogens is 359 g/mol. The van der Waals surface area contributed by atoms with Crippen molar-refractivity contribution in [3.8, 4) is 15.6 Å². The van der Waals surface area contributed by atoms with Gasteiger partial charge >= 0.3 is 0 Å². The van der Waals surface area contributed by atoms with Gasteiger partial charge < -0.3 is 9.64 Å². The van der Waals surface area contributed by atoms with Crippen LogP contribution in [-0.4, -0.2) is 36.0 Å². The van der Waals surface area contributed by atoms with Crippen LogP contribution < -0.4 is 4.74 Å². The molecule has 0 unspecified atom stereocenters. The molecule has 130 valence electrons. The fraction of sp³-hybridized carbons (Fsp3) is 0.222. The first-order chi connectivity index (χ1) is 12.1. The molecule has 25 heavy (non-hydrogen) atoms. The summed E-state index contributed by atoms with van der Waals surface area (Å²) < 4.78 is 18.3. The third kappa shape index (κ3) is 4.87. The molecule has 3 rings (SSSR count). The van der Waals surface area contributed by atoms with Crippen molar-refractivity contribution >= 4 is 28.6 Å². The zero-order valence-corrected chi connectivity index (χ0v) is 15.3. The quantitative estimate of drug-likeness (QED) is 0.624. The summed E-state index contributed by atoms with van der Waals surface area (Å²) in [6, 6.07) is 9.83. The molecule has 0 atom stereocenters. The molecule has 0 aliphatic carbocycles. The number of ether oxygens (including phenoxy) is 1. The number of benzene rings is 1. The minimum Gasteiger partial charge on any atom is -0.492 e. The second-order valence-electron chi connectivity index (χ2n) is 5.42. The summed E-state index contributed by atoms with van der Waals surface area (Å²) in [5.74, 6) is 0.276. The summed E-state index contributed by atoms with van der Waals surface area (Å²) in [5, 5.41) is 4.88. The van der Waals surface area contributed by atoms with Crippen molar-refractivity contribution in [3.05, 3.63) is 58.7 Å². The molecular formula is C18H17FN2O2S2. The molecule has 4 nitrogen and oxygen atoms in total. The van der Waals surface area contributed by atoms with Gasteiger partial charge in [-0.15, -0.1) is 22.7 Å². The molecule has 1 amide bonds. The van der Waals surface area contributed by atoms with Crippen molar-refractivity contribution in [2.24, 2.45) is 0 Å². The Bertz CT molecular complexity index is 816. The van der Waals surface area contributed by atoms with E-state index in [-0.39, 0.29) is 18.1 Å². The lowest BCUT2D eigenvalue weighted by atomic mass is 10.3. The Morgan fingerprint density at radius 1 is 1.24 bits per heavy atom. The van der Waals surface area contributed by atoms with Crippen LogP contribution in [0.4, 0.5) is 4.39 Å². The first-order valence-electron chi connectivity index (χ1n) is 7.72. The normalized spacial score (nSPS) is 10.6. The van der Waals surface area contributed by atoms with Gasteiger partial charge in [0.15, 0.2) is 0 Å². The average Bonchev–Trinajstić information content (AvgIpc) is 3.27. The Balaban J connectivity index is 1.47. The Morgan fingerprint density at radius 2 is 2.04 bits per heavy atom. The Labute approximate surface area is 153 Å². The van der Waals surface area contributed by atoms with E-state index in [1.54, 1.807) is 46.8 Å². The maximum Gasteiger partial charge on any atom is 0.228 e. The molecule has 0 aliphatic heterocycles. The smallest absolute Gasteiger partial charge is 0.228 e. The van der Waals surface area contributed by atoms with Gasteiger partial charge in [-0.05, 0) is 35.7 Å². The van der Waals surface area contributed by atoms with Crippen molar-refractivity contribution in [1.82, 2.24) is 9.88 Å². The molecule has 0 aliphatic rings. The van der Waals surface area contributed by atoms with Gasteiger partial charge in [-0.2, -0.15) is 0 Å². The highest BCUT2D eigenvalue weighted by molar-refractivity contribution is 7.20. The van der Waals surface area contributed by atoms with E-state index >= 15 is 0 Å². The van der Waals surface area contributed by atoms with Crippen LogP contribution in [0, 0.1) is 5.82 Å². The molecule has 0 fully saturated rings. The monoisotopic (exact) mass is 376 g/mol. The predicted octanol–water partition coefficient (Wildman–Crippen LogP) is 4.09. The lowest BCUT2D eigenvalue weighted by Gasteiger charge is -2.17. The van der Waals surface area contributed by atoms with Crippen LogP contribution in [0.1, 0.15) is 5.69 Å². The number of aromatic nitrogens is 1. The van der Waals surface area contributed by atoms with Crippen molar-refractivity contribution < 1.29 is 13.9 Å². The number of likely N-dealkylation sites (N-methyl/N-ethyl adjacent to an activating group) is 1. The summed E-state index contributed by atoms with van der Waals surface area (Å²) in [7, 11) is 1.74. The Kier molecular flexibility index (Phi) is 5.78. The molecule has 3 aromatic rings. The van der Waals surface area contributed by atoms with E-state index in [9.17, 15) is 9.18 Å². The maximum atomic E-state index is 12.8. The number of nitrogens with zero attached hydrogens (tertiary/aromatic N) is 2. The fourth-order valence-electron chi connectivity index (χ4n) is 2.15. The second-order valence-corrected chi connectivity index (χ2v) is 7.22. The number of thiazole rings is 1. The van der Waals surface area contributed by atoms with Crippen LogP contribution in [0.2, 0.25) is 0 Å². The van der Waals surface area contributed by atoms with E-state index < -0.39 is 0 Å². The van der Waals surface area contributed by atoms with E-state index in [0.717, 1.165) is 15.6 Å². The number of carbonyl (C=O) groups is 1. The number of amides is 1. The lowest BCUT2D eigenvalue weighted by molar-refractivity contribution is -0.129. The molecule has 1 aromatic carbocycles. The van der Waals surface area contributed by atoms with Crippen LogP contribution in [0.15, 0.2) is 47.2 Å². The fourth-order valence-corrected chi connectivity index (χ4v) is 3.78. The van der Waals surface area contributed by atoms with Gasteiger partial charge in [0.05, 0.1) is 23.5 Å². The highest BCUT2D eigenvalue weighted by atomic mass is 32.1. The van der Waals surface area contributed by atoms with E-state index in [0.29, 0.717) is 18.9 Å². The van der Waals surface area contributed by atoms with Crippen LogP contribution in [0.5, 0.6) is 5.75 Å². The Morgan fingerprint density at radius 3 is 2.76 bits per heavy atom. The zero-order chi connectivity index (χ0) is 17.6. The zero-order valence-electron chi connectivity index (χ0n) is 13.6. The van der Waals surface area contributed by atoms with Crippen LogP contribution in [0.25, 0.3) is 9.88 Å². The van der Waals surface area contributed by atoms with E-state index in [2.05, 4.69) is 4.98 Å². The van der Waals surface area contributed by atoms with Gasteiger partial charge in [0.25, 0.3) is 0 Å². The summed E-state index contributed by atoms with van der Waals surface area (Å²) in [5.41, 5.74) is 0.782. The van der Waals surface area contributed by atoms with Gasteiger partial charge in [-0.1, -0.05) is 6.07 Å². The maximum absolute atomic E-state index is 12.8. The molecule has 7 heteroatoms. The van der Waals surface area contributed by atoms with Crippen molar-refractivity contribution in [2.75, 3.05) is 20.2 Å². The summed E-state index contributed by atoms with van der Waals surface area (Å²) in [6.45, 7) is 0.809. The largest absolute Gasteiger partial charge is 0.492 e.